The minimum Gasteiger partial charge on any atom is -0.503 e. The summed E-state index contributed by atoms with van der Waals surface area (Å²) in [5.41, 5.74) is 1.42. The second-order valence-electron chi connectivity index (χ2n) is 6.48. The minimum atomic E-state index is -0.712. The van der Waals surface area contributed by atoms with Crippen molar-refractivity contribution in [3.8, 4) is 5.75 Å². The van der Waals surface area contributed by atoms with E-state index in [1.807, 2.05) is 37.3 Å². The zero-order valence-corrected chi connectivity index (χ0v) is 16.6. The molecule has 0 saturated heterocycles. The number of amides is 1. The quantitative estimate of drug-likeness (QED) is 0.591. The number of thiophene rings is 1. The van der Waals surface area contributed by atoms with Crippen molar-refractivity contribution in [3.63, 3.8) is 0 Å². The average molecular weight is 405 g/mol. The second kappa shape index (κ2) is 7.93. The highest BCUT2D eigenvalue weighted by Crippen LogP contribution is 2.42. The van der Waals surface area contributed by atoms with Gasteiger partial charge in [-0.1, -0.05) is 36.4 Å². The highest BCUT2D eigenvalue weighted by Gasteiger charge is 2.44. The van der Waals surface area contributed by atoms with E-state index in [2.05, 4.69) is 0 Å². The van der Waals surface area contributed by atoms with E-state index in [1.165, 1.54) is 16.2 Å². The Labute approximate surface area is 172 Å². The number of anilines is 1. The molecule has 5 nitrogen and oxygen atoms in total. The summed E-state index contributed by atoms with van der Waals surface area (Å²) in [6.45, 7) is 2.43. The summed E-state index contributed by atoms with van der Waals surface area (Å²) < 4.78 is 5.48. The summed E-state index contributed by atoms with van der Waals surface area (Å²) in [6.07, 6.45) is 0. The van der Waals surface area contributed by atoms with Gasteiger partial charge >= 0.3 is 0 Å². The molecule has 1 amide bonds. The average Bonchev–Trinajstić information content (AvgIpc) is 3.37. The molecule has 0 saturated carbocycles. The molecule has 146 valence electrons. The fourth-order valence-corrected chi connectivity index (χ4v) is 4.14. The van der Waals surface area contributed by atoms with E-state index in [-0.39, 0.29) is 11.4 Å². The van der Waals surface area contributed by atoms with E-state index in [0.717, 1.165) is 5.56 Å². The van der Waals surface area contributed by atoms with Crippen LogP contribution in [0.1, 0.15) is 28.2 Å². The number of carbonyl (C=O) groups is 2. The molecule has 0 unspecified atom stereocenters. The van der Waals surface area contributed by atoms with Crippen LogP contribution in [0, 0.1) is 0 Å². The number of rotatable bonds is 6. The van der Waals surface area contributed by atoms with E-state index in [0.29, 0.717) is 22.9 Å². The third kappa shape index (κ3) is 3.43. The molecule has 1 N–H and O–H groups in total. The highest BCUT2D eigenvalue weighted by atomic mass is 32.1. The number of ether oxygens (including phenoxy) is 1. The number of ketones is 1. The largest absolute Gasteiger partial charge is 0.503 e. The molecule has 6 heteroatoms. The van der Waals surface area contributed by atoms with Gasteiger partial charge in [-0.25, -0.2) is 0 Å². The van der Waals surface area contributed by atoms with Crippen LogP contribution in [0.15, 0.2) is 83.4 Å². The van der Waals surface area contributed by atoms with Crippen LogP contribution in [0.3, 0.4) is 0 Å². The summed E-state index contributed by atoms with van der Waals surface area (Å²) in [5.74, 6) is -0.756. The Morgan fingerprint density at radius 1 is 1.07 bits per heavy atom. The number of aliphatic hydroxyl groups is 1. The number of aliphatic hydroxyl groups excluding tert-OH is 1. The van der Waals surface area contributed by atoms with Crippen LogP contribution >= 0.6 is 11.3 Å². The molecule has 0 spiro atoms. The SMILES string of the molecule is CCOc1ccc(N2C(=O)C(O)=C(C(=O)c3cccs3)[C@@H]2c2ccccc2)cc1. The molecule has 1 atom stereocenters. The lowest BCUT2D eigenvalue weighted by Gasteiger charge is -2.27. The van der Waals surface area contributed by atoms with Gasteiger partial charge in [-0.15, -0.1) is 11.3 Å². The first-order valence-corrected chi connectivity index (χ1v) is 10.1. The molecule has 29 heavy (non-hydrogen) atoms. The van der Waals surface area contributed by atoms with Gasteiger partial charge in [-0.05, 0) is 48.2 Å². The fraction of sp³-hybridized carbons (Fsp3) is 0.130. The van der Waals surface area contributed by atoms with Gasteiger partial charge in [-0.3, -0.25) is 14.5 Å². The van der Waals surface area contributed by atoms with Gasteiger partial charge in [0.15, 0.2) is 5.76 Å². The zero-order chi connectivity index (χ0) is 20.4. The first-order valence-electron chi connectivity index (χ1n) is 9.24. The Hall–Kier alpha value is -3.38. The molecule has 1 aliphatic heterocycles. The van der Waals surface area contributed by atoms with Crippen molar-refractivity contribution >= 4 is 28.7 Å². The van der Waals surface area contributed by atoms with Crippen molar-refractivity contribution in [2.75, 3.05) is 11.5 Å². The molecule has 0 bridgehead atoms. The van der Waals surface area contributed by atoms with Crippen molar-refractivity contribution in [2.24, 2.45) is 0 Å². The molecule has 1 aliphatic rings. The smallest absolute Gasteiger partial charge is 0.294 e. The van der Waals surface area contributed by atoms with Crippen LogP contribution in [-0.2, 0) is 4.79 Å². The Balaban J connectivity index is 1.81. The Morgan fingerprint density at radius 2 is 1.79 bits per heavy atom. The number of benzene rings is 2. The molecule has 0 aliphatic carbocycles. The number of hydrogen-bond donors (Lipinski definition) is 1. The lowest BCUT2D eigenvalue weighted by molar-refractivity contribution is -0.117. The van der Waals surface area contributed by atoms with Gasteiger partial charge in [0.2, 0.25) is 5.78 Å². The van der Waals surface area contributed by atoms with Gasteiger partial charge in [0.1, 0.15) is 5.75 Å². The molecule has 3 aromatic rings. The third-order valence-electron chi connectivity index (χ3n) is 4.74. The summed E-state index contributed by atoms with van der Waals surface area (Å²) >= 11 is 1.28. The molecule has 2 aromatic carbocycles. The summed E-state index contributed by atoms with van der Waals surface area (Å²) in [5, 5.41) is 12.5. The standard InChI is InChI=1S/C23H19NO4S/c1-2-28-17-12-10-16(11-13-17)24-20(15-7-4-3-5-8-15)19(22(26)23(24)27)21(25)18-9-6-14-29-18/h3-14,20,26H,2H2,1H3/t20-/m0/s1. The first-order chi connectivity index (χ1) is 14.1. The normalized spacial score (nSPS) is 16.4. The van der Waals surface area contributed by atoms with E-state index < -0.39 is 17.7 Å². The molecule has 0 fully saturated rings. The van der Waals surface area contributed by atoms with Crippen LogP contribution in [-0.4, -0.2) is 23.4 Å². The van der Waals surface area contributed by atoms with Crippen molar-refractivity contribution in [1.82, 2.24) is 0 Å². The van der Waals surface area contributed by atoms with Crippen molar-refractivity contribution in [1.29, 1.82) is 0 Å². The van der Waals surface area contributed by atoms with E-state index in [4.69, 9.17) is 4.74 Å². The molecule has 2 heterocycles. The number of hydrogen-bond acceptors (Lipinski definition) is 5. The summed E-state index contributed by atoms with van der Waals surface area (Å²) in [6, 6.07) is 19.1. The second-order valence-corrected chi connectivity index (χ2v) is 7.43. The van der Waals surface area contributed by atoms with Crippen LogP contribution in [0.5, 0.6) is 5.75 Å². The van der Waals surface area contributed by atoms with Gasteiger partial charge in [0, 0.05) is 5.69 Å². The van der Waals surface area contributed by atoms with Gasteiger partial charge < -0.3 is 9.84 Å². The predicted molar refractivity (Wildman–Crippen MR) is 113 cm³/mol. The maximum atomic E-state index is 13.2. The molecule has 0 radical (unpaired) electrons. The van der Waals surface area contributed by atoms with Crippen LogP contribution in [0.2, 0.25) is 0 Å². The number of carbonyl (C=O) groups excluding carboxylic acids is 2. The monoisotopic (exact) mass is 405 g/mol. The van der Waals surface area contributed by atoms with Crippen LogP contribution < -0.4 is 9.64 Å². The van der Waals surface area contributed by atoms with Gasteiger partial charge in [0.25, 0.3) is 5.91 Å². The Kier molecular flexibility index (Phi) is 5.18. The Morgan fingerprint density at radius 3 is 2.41 bits per heavy atom. The van der Waals surface area contributed by atoms with Crippen molar-refractivity contribution < 1.29 is 19.4 Å². The first kappa shape index (κ1) is 19.0. The van der Waals surface area contributed by atoms with Crippen molar-refractivity contribution in [2.45, 2.75) is 13.0 Å². The van der Waals surface area contributed by atoms with E-state index in [9.17, 15) is 14.7 Å². The van der Waals surface area contributed by atoms with Crippen LogP contribution in [0.4, 0.5) is 5.69 Å². The molecule has 4 rings (SSSR count). The van der Waals surface area contributed by atoms with Crippen LogP contribution in [0.25, 0.3) is 0 Å². The predicted octanol–water partition coefficient (Wildman–Crippen LogP) is 4.93. The molecule has 1 aromatic heterocycles. The lowest BCUT2D eigenvalue weighted by Crippen LogP contribution is -2.30. The Bertz CT molecular complexity index is 1060. The lowest BCUT2D eigenvalue weighted by atomic mass is 9.95. The van der Waals surface area contributed by atoms with Crippen molar-refractivity contribution in [3.05, 3.63) is 93.9 Å². The number of Topliss-reactive ketones (excluding diaryl/α,β-unsaturated/α-hetero) is 1. The third-order valence-corrected chi connectivity index (χ3v) is 5.61. The zero-order valence-electron chi connectivity index (χ0n) is 15.7. The summed E-state index contributed by atoms with van der Waals surface area (Å²) in [4.78, 5) is 28.1. The maximum Gasteiger partial charge on any atom is 0.294 e. The van der Waals surface area contributed by atoms with E-state index >= 15 is 0 Å². The molecular formula is C23H19NO4S. The number of nitrogens with zero attached hydrogens (tertiary/aromatic N) is 1. The van der Waals surface area contributed by atoms with Gasteiger partial charge in [0.05, 0.1) is 23.1 Å². The highest BCUT2D eigenvalue weighted by molar-refractivity contribution is 7.12. The summed E-state index contributed by atoms with van der Waals surface area (Å²) in [7, 11) is 0. The fourth-order valence-electron chi connectivity index (χ4n) is 3.46. The molecular weight excluding hydrogens is 386 g/mol. The van der Waals surface area contributed by atoms with Gasteiger partial charge in [-0.2, -0.15) is 0 Å². The maximum absolute atomic E-state index is 13.2. The topological polar surface area (TPSA) is 66.8 Å². The van der Waals surface area contributed by atoms with E-state index in [1.54, 1.807) is 41.8 Å². The minimum absolute atomic E-state index is 0.0949.